The van der Waals surface area contributed by atoms with Crippen LogP contribution >= 0.6 is 23.3 Å². The molecule has 0 fully saturated rings. The Morgan fingerprint density at radius 1 is 1.12 bits per heavy atom. The molecule has 5 heteroatoms. The van der Waals surface area contributed by atoms with E-state index in [1.54, 1.807) is 6.20 Å². The first-order chi connectivity index (χ1) is 7.84. The van der Waals surface area contributed by atoms with Gasteiger partial charge in [0.05, 0.1) is 17.2 Å². The molecule has 0 aliphatic heterocycles. The Morgan fingerprint density at radius 3 is 2.88 bits per heavy atom. The number of benzene rings is 1. The summed E-state index contributed by atoms with van der Waals surface area (Å²) >= 11 is 7.07. The Balaban J connectivity index is 2.23. The van der Waals surface area contributed by atoms with E-state index in [0.717, 1.165) is 33.9 Å². The summed E-state index contributed by atoms with van der Waals surface area (Å²) in [5, 5.41) is 1.53. The summed E-state index contributed by atoms with van der Waals surface area (Å²) < 4.78 is 8.12. The molecule has 0 amide bonds. The molecule has 16 heavy (non-hydrogen) atoms. The first-order valence-electron chi connectivity index (χ1n) is 4.68. The number of rotatable bonds is 1. The minimum absolute atomic E-state index is 0.452. The smallest absolute Gasteiger partial charge is 0.170 e. The van der Waals surface area contributed by atoms with Crippen molar-refractivity contribution in [2.45, 2.75) is 0 Å². The second kappa shape index (κ2) is 3.81. The quantitative estimate of drug-likeness (QED) is 0.662. The lowest BCUT2D eigenvalue weighted by molar-refractivity contribution is 1.41. The highest BCUT2D eigenvalue weighted by atomic mass is 35.5. The number of pyridine rings is 1. The monoisotopic (exact) mass is 247 g/mol. The van der Waals surface area contributed by atoms with Gasteiger partial charge in [-0.3, -0.25) is 4.98 Å². The van der Waals surface area contributed by atoms with Crippen LogP contribution in [0.4, 0.5) is 0 Å². The molecule has 2 heterocycles. The van der Waals surface area contributed by atoms with E-state index in [9.17, 15) is 0 Å². The van der Waals surface area contributed by atoms with Crippen LogP contribution in [0, 0.1) is 0 Å². The van der Waals surface area contributed by atoms with Gasteiger partial charge < -0.3 is 0 Å². The molecule has 0 unspecified atom stereocenters. The van der Waals surface area contributed by atoms with Crippen molar-refractivity contribution in [2.75, 3.05) is 0 Å². The van der Waals surface area contributed by atoms with E-state index < -0.39 is 0 Å². The topological polar surface area (TPSA) is 38.7 Å². The van der Waals surface area contributed by atoms with E-state index in [-0.39, 0.29) is 0 Å². The minimum Gasteiger partial charge on any atom is -0.256 e. The van der Waals surface area contributed by atoms with Crippen molar-refractivity contribution in [1.82, 2.24) is 13.7 Å². The Hall–Kier alpha value is -1.52. The zero-order chi connectivity index (χ0) is 11.0. The molecule has 2 aromatic heterocycles. The summed E-state index contributed by atoms with van der Waals surface area (Å²) in [7, 11) is 0. The van der Waals surface area contributed by atoms with Crippen molar-refractivity contribution in [2.24, 2.45) is 0 Å². The van der Waals surface area contributed by atoms with Crippen LogP contribution in [0.3, 0.4) is 0 Å². The Bertz CT molecular complexity index is 650. The van der Waals surface area contributed by atoms with Gasteiger partial charge in [-0.25, -0.2) is 0 Å². The highest BCUT2D eigenvalue weighted by Gasteiger charge is 2.08. The summed E-state index contributed by atoms with van der Waals surface area (Å²) in [5.41, 5.74) is 2.67. The van der Waals surface area contributed by atoms with Gasteiger partial charge in [-0.2, -0.15) is 8.75 Å². The van der Waals surface area contributed by atoms with Crippen LogP contribution in [0.15, 0.2) is 36.5 Å². The van der Waals surface area contributed by atoms with Gasteiger partial charge in [0.25, 0.3) is 0 Å². The van der Waals surface area contributed by atoms with Crippen molar-refractivity contribution >= 4 is 34.2 Å². The van der Waals surface area contributed by atoms with Crippen LogP contribution < -0.4 is 0 Å². The minimum atomic E-state index is 0.452. The third-order valence-electron chi connectivity index (χ3n) is 2.32. The predicted molar refractivity (Wildman–Crippen MR) is 65.7 cm³/mol. The first-order valence-corrected chi connectivity index (χ1v) is 5.78. The molecule has 78 valence electrons. The molecule has 0 radical (unpaired) electrons. The molecule has 0 N–H and O–H groups in total. The SMILES string of the molecule is Clc1nsnc1-c1ccc2ncccc2c1. The summed E-state index contributed by atoms with van der Waals surface area (Å²) in [5.74, 6) is 0. The Kier molecular flexibility index (Phi) is 2.31. The molecule has 0 bridgehead atoms. The molecular weight excluding hydrogens is 242 g/mol. The van der Waals surface area contributed by atoms with Gasteiger partial charge in [-0.05, 0) is 18.2 Å². The molecule has 0 spiro atoms. The molecule has 3 aromatic rings. The van der Waals surface area contributed by atoms with Gasteiger partial charge in [0, 0.05) is 17.1 Å². The number of fused-ring (bicyclic) bond motifs is 1. The number of hydrogen-bond donors (Lipinski definition) is 0. The van der Waals surface area contributed by atoms with E-state index in [2.05, 4.69) is 13.7 Å². The molecule has 0 atom stereocenters. The third-order valence-corrected chi connectivity index (χ3v) is 3.22. The highest BCUT2D eigenvalue weighted by molar-refractivity contribution is 6.99. The van der Waals surface area contributed by atoms with Crippen molar-refractivity contribution in [1.29, 1.82) is 0 Å². The maximum absolute atomic E-state index is 5.95. The summed E-state index contributed by atoms with van der Waals surface area (Å²) in [6, 6.07) is 9.86. The Morgan fingerprint density at radius 2 is 2.06 bits per heavy atom. The van der Waals surface area contributed by atoms with Gasteiger partial charge in [0.1, 0.15) is 5.69 Å². The molecule has 1 aromatic carbocycles. The maximum atomic E-state index is 5.95. The summed E-state index contributed by atoms with van der Waals surface area (Å²) in [6.07, 6.45) is 1.78. The lowest BCUT2D eigenvalue weighted by Gasteiger charge is -1.99. The van der Waals surface area contributed by atoms with E-state index in [1.807, 2.05) is 30.3 Å². The first kappa shape index (κ1) is 9.69. The van der Waals surface area contributed by atoms with Crippen LogP contribution in [-0.4, -0.2) is 13.7 Å². The van der Waals surface area contributed by atoms with Crippen LogP contribution in [0.25, 0.3) is 22.2 Å². The lowest BCUT2D eigenvalue weighted by atomic mass is 10.1. The Labute approximate surface area is 101 Å². The lowest BCUT2D eigenvalue weighted by Crippen LogP contribution is -1.81. The van der Waals surface area contributed by atoms with Crippen molar-refractivity contribution < 1.29 is 0 Å². The fraction of sp³-hybridized carbons (Fsp3) is 0. The second-order valence-electron chi connectivity index (χ2n) is 3.31. The largest absolute Gasteiger partial charge is 0.256 e. The number of hydrogen-bond acceptors (Lipinski definition) is 4. The summed E-state index contributed by atoms with van der Waals surface area (Å²) in [4.78, 5) is 4.26. The molecule has 3 rings (SSSR count). The van der Waals surface area contributed by atoms with Crippen LogP contribution in [0.5, 0.6) is 0 Å². The average Bonchev–Trinajstić information content (AvgIpc) is 2.75. The fourth-order valence-corrected chi connectivity index (χ4v) is 2.34. The molecular formula is C11H6ClN3S. The average molecular weight is 248 g/mol. The van der Waals surface area contributed by atoms with Crippen molar-refractivity contribution in [3.8, 4) is 11.3 Å². The third kappa shape index (κ3) is 1.56. The number of aromatic nitrogens is 3. The van der Waals surface area contributed by atoms with E-state index in [4.69, 9.17) is 11.6 Å². The second-order valence-corrected chi connectivity index (χ2v) is 4.20. The highest BCUT2D eigenvalue weighted by Crippen LogP contribution is 2.27. The van der Waals surface area contributed by atoms with E-state index in [0.29, 0.717) is 5.15 Å². The van der Waals surface area contributed by atoms with Crippen molar-refractivity contribution in [3.05, 3.63) is 41.7 Å². The number of halogens is 1. The normalized spacial score (nSPS) is 10.8. The summed E-state index contributed by atoms with van der Waals surface area (Å²) in [6.45, 7) is 0. The molecule has 0 saturated carbocycles. The van der Waals surface area contributed by atoms with Crippen LogP contribution in [0.1, 0.15) is 0 Å². The maximum Gasteiger partial charge on any atom is 0.170 e. The fourth-order valence-electron chi connectivity index (χ4n) is 1.57. The van der Waals surface area contributed by atoms with E-state index in [1.165, 1.54) is 0 Å². The van der Waals surface area contributed by atoms with Gasteiger partial charge in [0.15, 0.2) is 5.15 Å². The van der Waals surface area contributed by atoms with Gasteiger partial charge >= 0.3 is 0 Å². The van der Waals surface area contributed by atoms with Gasteiger partial charge in [0.2, 0.25) is 0 Å². The molecule has 3 nitrogen and oxygen atoms in total. The standard InChI is InChI=1S/C11H6ClN3S/c12-11-10(14-16-15-11)8-3-4-9-7(6-8)2-1-5-13-9/h1-6H. The predicted octanol–water partition coefficient (Wildman–Crippen LogP) is 3.41. The van der Waals surface area contributed by atoms with Crippen LogP contribution in [-0.2, 0) is 0 Å². The molecule has 0 saturated heterocycles. The molecule has 0 aliphatic rings. The molecule has 0 aliphatic carbocycles. The number of nitrogens with zero attached hydrogens (tertiary/aromatic N) is 3. The van der Waals surface area contributed by atoms with Gasteiger partial charge in [-0.1, -0.05) is 23.7 Å². The zero-order valence-electron chi connectivity index (χ0n) is 8.09. The van der Waals surface area contributed by atoms with E-state index >= 15 is 0 Å². The van der Waals surface area contributed by atoms with Crippen molar-refractivity contribution in [3.63, 3.8) is 0 Å². The van der Waals surface area contributed by atoms with Gasteiger partial charge in [-0.15, -0.1) is 0 Å². The van der Waals surface area contributed by atoms with Crippen LogP contribution in [0.2, 0.25) is 5.15 Å². The zero-order valence-corrected chi connectivity index (χ0v) is 9.66.